The summed E-state index contributed by atoms with van der Waals surface area (Å²) >= 11 is 0. The van der Waals surface area contributed by atoms with Gasteiger partial charge in [0.1, 0.15) is 0 Å². The molecule has 0 spiro atoms. The zero-order valence-electron chi connectivity index (χ0n) is 9.19. The molecule has 1 rings (SSSR count). The number of hydroxylamine groups is 1. The van der Waals surface area contributed by atoms with Crippen LogP contribution in [0.15, 0.2) is 35.9 Å². The van der Waals surface area contributed by atoms with E-state index >= 15 is 0 Å². The molecule has 0 radical (unpaired) electrons. The minimum atomic E-state index is -0.570. The fourth-order valence-corrected chi connectivity index (χ4v) is 1.06. The van der Waals surface area contributed by atoms with E-state index in [0.717, 1.165) is 5.56 Å². The maximum Gasteiger partial charge on any atom is 0.358 e. The summed E-state index contributed by atoms with van der Waals surface area (Å²) in [6, 6.07) is 9.38. The second-order valence-electron chi connectivity index (χ2n) is 3.29. The van der Waals surface area contributed by atoms with Crippen LogP contribution >= 0.6 is 0 Å². The number of amides is 1. The molecule has 16 heavy (non-hydrogen) atoms. The van der Waals surface area contributed by atoms with Gasteiger partial charge in [0.2, 0.25) is 5.91 Å². The summed E-state index contributed by atoms with van der Waals surface area (Å²) in [5, 5.41) is 0. The molecule has 0 saturated heterocycles. The van der Waals surface area contributed by atoms with E-state index in [-0.39, 0.29) is 0 Å². The normalized spacial score (nSPS) is 10.8. The fourth-order valence-electron chi connectivity index (χ4n) is 1.06. The number of rotatable bonds is 2. The molecule has 0 aliphatic rings. The Morgan fingerprint density at radius 1 is 1.19 bits per heavy atom. The summed E-state index contributed by atoms with van der Waals surface area (Å²) in [6.07, 6.45) is 1.68. The van der Waals surface area contributed by atoms with E-state index in [9.17, 15) is 9.59 Å². The Bertz CT molecular complexity index is 410. The lowest BCUT2D eigenvalue weighted by Gasteiger charge is -2.03. The van der Waals surface area contributed by atoms with Crippen LogP contribution in [0.5, 0.6) is 0 Å². The summed E-state index contributed by atoms with van der Waals surface area (Å²) in [5.74, 6) is -0.986. The highest BCUT2D eigenvalue weighted by Gasteiger charge is 2.06. The largest absolute Gasteiger partial charge is 0.358 e. The van der Waals surface area contributed by atoms with Crippen molar-refractivity contribution in [1.29, 1.82) is 0 Å². The van der Waals surface area contributed by atoms with Crippen molar-refractivity contribution in [2.45, 2.75) is 13.8 Å². The van der Waals surface area contributed by atoms with Crippen LogP contribution in [0.3, 0.4) is 0 Å². The third kappa shape index (κ3) is 3.96. The van der Waals surface area contributed by atoms with Gasteiger partial charge in [0.15, 0.2) is 0 Å². The van der Waals surface area contributed by atoms with Gasteiger partial charge < -0.3 is 4.84 Å². The van der Waals surface area contributed by atoms with Crippen molar-refractivity contribution in [2.24, 2.45) is 0 Å². The molecule has 0 saturated carbocycles. The monoisotopic (exact) mass is 219 g/mol. The predicted octanol–water partition coefficient (Wildman–Crippen LogP) is 1.68. The van der Waals surface area contributed by atoms with E-state index in [2.05, 4.69) is 4.84 Å². The van der Waals surface area contributed by atoms with E-state index in [1.807, 2.05) is 35.8 Å². The molecule has 0 aliphatic carbocycles. The third-order valence-electron chi connectivity index (χ3n) is 1.79. The highest BCUT2D eigenvalue weighted by Crippen LogP contribution is 2.06. The first kappa shape index (κ1) is 12.0. The SMILES string of the molecule is CC(=O)NOC(=O)C(C)=Cc1ccccc1. The summed E-state index contributed by atoms with van der Waals surface area (Å²) < 4.78 is 0. The van der Waals surface area contributed by atoms with E-state index in [0.29, 0.717) is 5.57 Å². The number of nitrogens with one attached hydrogen (secondary N) is 1. The number of carbonyl (C=O) groups excluding carboxylic acids is 2. The standard InChI is InChI=1S/C12H13NO3/c1-9(12(15)16-13-10(2)14)8-11-6-4-3-5-7-11/h3-8H,1-2H3,(H,13,14). The molecular weight excluding hydrogens is 206 g/mol. The van der Waals surface area contributed by atoms with Crippen LogP contribution in [0, 0.1) is 0 Å². The molecule has 0 atom stereocenters. The number of benzene rings is 1. The Labute approximate surface area is 93.9 Å². The van der Waals surface area contributed by atoms with Crippen LogP contribution in [0.25, 0.3) is 6.08 Å². The van der Waals surface area contributed by atoms with E-state index in [4.69, 9.17) is 0 Å². The predicted molar refractivity (Wildman–Crippen MR) is 60.0 cm³/mol. The second-order valence-corrected chi connectivity index (χ2v) is 3.29. The van der Waals surface area contributed by atoms with Crippen LogP contribution in [0.2, 0.25) is 0 Å². The molecule has 0 aromatic heterocycles. The van der Waals surface area contributed by atoms with Gasteiger partial charge in [-0.05, 0) is 18.6 Å². The molecule has 84 valence electrons. The highest BCUT2D eigenvalue weighted by molar-refractivity contribution is 5.93. The summed E-state index contributed by atoms with van der Waals surface area (Å²) in [6.45, 7) is 2.89. The molecule has 1 N–H and O–H groups in total. The van der Waals surface area contributed by atoms with Gasteiger partial charge in [-0.15, -0.1) is 0 Å². The Hall–Kier alpha value is -2.10. The first-order valence-corrected chi connectivity index (χ1v) is 4.80. The van der Waals surface area contributed by atoms with Gasteiger partial charge in [-0.25, -0.2) is 4.79 Å². The Balaban J connectivity index is 2.63. The quantitative estimate of drug-likeness (QED) is 0.608. The molecule has 1 aromatic carbocycles. The smallest absolute Gasteiger partial charge is 0.336 e. The van der Waals surface area contributed by atoms with Crippen molar-refractivity contribution < 1.29 is 14.4 Å². The van der Waals surface area contributed by atoms with E-state index in [1.54, 1.807) is 13.0 Å². The number of hydrogen-bond acceptors (Lipinski definition) is 3. The van der Waals surface area contributed by atoms with Crippen molar-refractivity contribution >= 4 is 18.0 Å². The molecule has 0 aliphatic heterocycles. The fraction of sp³-hybridized carbons (Fsp3) is 0.167. The maximum atomic E-state index is 11.3. The van der Waals surface area contributed by atoms with E-state index in [1.165, 1.54) is 6.92 Å². The van der Waals surface area contributed by atoms with Gasteiger partial charge in [0.05, 0.1) is 0 Å². The lowest BCUT2D eigenvalue weighted by molar-refractivity contribution is -0.153. The summed E-state index contributed by atoms with van der Waals surface area (Å²) in [5.41, 5.74) is 3.30. The van der Waals surface area contributed by atoms with Gasteiger partial charge >= 0.3 is 5.97 Å². The Kier molecular flexibility index (Phi) is 4.27. The molecule has 4 heteroatoms. The molecule has 0 bridgehead atoms. The van der Waals surface area contributed by atoms with Gasteiger partial charge in [-0.3, -0.25) is 4.79 Å². The molecule has 4 nitrogen and oxygen atoms in total. The highest BCUT2D eigenvalue weighted by atomic mass is 16.7. The van der Waals surface area contributed by atoms with Crippen LogP contribution in [-0.4, -0.2) is 11.9 Å². The minimum absolute atomic E-state index is 0.416. The lowest BCUT2D eigenvalue weighted by atomic mass is 10.1. The van der Waals surface area contributed by atoms with Crippen LogP contribution in [0.4, 0.5) is 0 Å². The summed E-state index contributed by atoms with van der Waals surface area (Å²) in [4.78, 5) is 26.4. The molecule has 0 heterocycles. The van der Waals surface area contributed by atoms with E-state index < -0.39 is 11.9 Å². The minimum Gasteiger partial charge on any atom is -0.336 e. The summed E-state index contributed by atoms with van der Waals surface area (Å²) in [7, 11) is 0. The second kappa shape index (κ2) is 5.70. The molecular formula is C12H13NO3. The van der Waals surface area contributed by atoms with Crippen LogP contribution < -0.4 is 5.48 Å². The maximum absolute atomic E-state index is 11.3. The topological polar surface area (TPSA) is 55.4 Å². The van der Waals surface area contributed by atoms with Gasteiger partial charge in [-0.1, -0.05) is 30.3 Å². The Morgan fingerprint density at radius 3 is 2.38 bits per heavy atom. The van der Waals surface area contributed by atoms with Crippen LogP contribution in [-0.2, 0) is 14.4 Å². The first-order chi connectivity index (χ1) is 7.59. The average molecular weight is 219 g/mol. The van der Waals surface area contributed by atoms with Crippen molar-refractivity contribution in [2.75, 3.05) is 0 Å². The third-order valence-corrected chi connectivity index (χ3v) is 1.79. The van der Waals surface area contributed by atoms with Crippen molar-refractivity contribution in [3.63, 3.8) is 0 Å². The van der Waals surface area contributed by atoms with Gasteiger partial charge in [0, 0.05) is 12.5 Å². The Morgan fingerprint density at radius 2 is 1.81 bits per heavy atom. The van der Waals surface area contributed by atoms with Crippen LogP contribution in [0.1, 0.15) is 19.4 Å². The van der Waals surface area contributed by atoms with Crippen molar-refractivity contribution in [3.05, 3.63) is 41.5 Å². The zero-order chi connectivity index (χ0) is 12.0. The first-order valence-electron chi connectivity index (χ1n) is 4.80. The lowest BCUT2D eigenvalue weighted by Crippen LogP contribution is -2.24. The van der Waals surface area contributed by atoms with Gasteiger partial charge in [-0.2, -0.15) is 5.48 Å². The average Bonchev–Trinajstić information content (AvgIpc) is 2.27. The molecule has 1 amide bonds. The van der Waals surface area contributed by atoms with Gasteiger partial charge in [0.25, 0.3) is 0 Å². The van der Waals surface area contributed by atoms with Crippen molar-refractivity contribution in [1.82, 2.24) is 5.48 Å². The zero-order valence-corrected chi connectivity index (χ0v) is 9.19. The molecule has 0 fully saturated rings. The number of carbonyl (C=O) groups is 2. The van der Waals surface area contributed by atoms with Crippen molar-refractivity contribution in [3.8, 4) is 0 Å². The number of hydrogen-bond donors (Lipinski definition) is 1. The molecule has 1 aromatic rings. The molecule has 0 unspecified atom stereocenters.